The summed E-state index contributed by atoms with van der Waals surface area (Å²) in [7, 11) is 0. The Morgan fingerprint density at radius 1 is 0.837 bits per heavy atom. The molecule has 0 bridgehead atoms. The van der Waals surface area contributed by atoms with E-state index in [1.54, 1.807) is 12.3 Å². The number of piperazine rings is 1. The van der Waals surface area contributed by atoms with Gasteiger partial charge in [0.25, 0.3) is 5.91 Å². The van der Waals surface area contributed by atoms with Gasteiger partial charge in [-0.3, -0.25) is 19.2 Å². The summed E-state index contributed by atoms with van der Waals surface area (Å²) in [5.74, 6) is -0.204. The van der Waals surface area contributed by atoms with Crippen molar-refractivity contribution in [1.29, 1.82) is 0 Å². The molecule has 1 saturated carbocycles. The number of hydrogen-bond acceptors (Lipinski definition) is 6. The van der Waals surface area contributed by atoms with Crippen LogP contribution in [0.1, 0.15) is 48.0 Å². The van der Waals surface area contributed by atoms with Gasteiger partial charge in [0.2, 0.25) is 17.7 Å². The molecular weight excluding hydrogens is 684 g/mol. The monoisotopic (exact) mass is 724 g/mol. The number of nitrogens with zero attached hydrogens (tertiary/aromatic N) is 3. The van der Waals surface area contributed by atoms with Crippen molar-refractivity contribution in [3.63, 3.8) is 0 Å². The van der Waals surface area contributed by atoms with Crippen LogP contribution in [0.4, 0.5) is 5.82 Å². The average Bonchev–Trinajstić information content (AvgIpc) is 3.61. The summed E-state index contributed by atoms with van der Waals surface area (Å²) in [6.45, 7) is 2.70. The lowest BCUT2D eigenvalue weighted by Gasteiger charge is -2.35. The van der Waals surface area contributed by atoms with Gasteiger partial charge in [-0.1, -0.05) is 77.3 Å². The van der Waals surface area contributed by atoms with E-state index in [1.807, 2.05) is 83.8 Å². The zero-order chi connectivity index (χ0) is 34.2. The van der Waals surface area contributed by atoms with Crippen molar-refractivity contribution in [2.45, 2.75) is 50.1 Å². The van der Waals surface area contributed by atoms with Crippen LogP contribution in [-0.4, -0.2) is 77.8 Å². The third-order valence-electron chi connectivity index (χ3n) is 9.46. The first kappa shape index (κ1) is 34.1. The van der Waals surface area contributed by atoms with Crippen LogP contribution in [0, 0.1) is 0 Å². The summed E-state index contributed by atoms with van der Waals surface area (Å²) in [5.41, 5.74) is 0.223. The number of nitrogens with one attached hydrogen (secondary N) is 3. The van der Waals surface area contributed by atoms with Crippen LogP contribution >= 0.6 is 15.9 Å². The van der Waals surface area contributed by atoms with Crippen molar-refractivity contribution in [3.8, 4) is 0 Å². The van der Waals surface area contributed by atoms with Gasteiger partial charge in [0.1, 0.15) is 17.4 Å². The number of pyridine rings is 1. The van der Waals surface area contributed by atoms with E-state index in [1.165, 1.54) is 0 Å². The fourth-order valence-electron chi connectivity index (χ4n) is 6.69. The van der Waals surface area contributed by atoms with Gasteiger partial charge in [-0.2, -0.15) is 0 Å². The molecule has 254 valence electrons. The van der Waals surface area contributed by atoms with Gasteiger partial charge < -0.3 is 25.8 Å². The van der Waals surface area contributed by atoms with Crippen LogP contribution in [0.25, 0.3) is 10.8 Å². The molecule has 6 rings (SSSR count). The molecule has 2 fully saturated rings. The lowest BCUT2D eigenvalue weighted by atomic mass is 9.94. The van der Waals surface area contributed by atoms with E-state index >= 15 is 0 Å². The smallest absolute Gasteiger partial charge is 0.252 e. The highest BCUT2D eigenvalue weighted by molar-refractivity contribution is 9.10. The first-order chi connectivity index (χ1) is 23.8. The van der Waals surface area contributed by atoms with Crippen LogP contribution in [0.2, 0.25) is 0 Å². The van der Waals surface area contributed by atoms with E-state index in [9.17, 15) is 19.2 Å². The Labute approximate surface area is 294 Å². The average molecular weight is 726 g/mol. The van der Waals surface area contributed by atoms with Gasteiger partial charge in [0, 0.05) is 61.8 Å². The molecule has 1 aliphatic carbocycles. The molecule has 11 heteroatoms. The maximum absolute atomic E-state index is 14.0. The number of hydrogen-bond donors (Lipinski definition) is 3. The highest BCUT2D eigenvalue weighted by Gasteiger charge is 2.44. The maximum atomic E-state index is 14.0. The van der Waals surface area contributed by atoms with Crippen molar-refractivity contribution in [2.75, 3.05) is 37.6 Å². The number of halogens is 1. The molecule has 10 nitrogen and oxygen atoms in total. The Balaban J connectivity index is 1.08. The van der Waals surface area contributed by atoms with Crippen molar-refractivity contribution in [3.05, 3.63) is 107 Å². The zero-order valence-electron chi connectivity index (χ0n) is 27.4. The predicted octanol–water partition coefficient (Wildman–Crippen LogP) is 4.62. The lowest BCUT2D eigenvalue weighted by molar-refractivity contribution is -0.133. The highest BCUT2D eigenvalue weighted by atomic mass is 79.9. The normalized spacial score (nSPS) is 16.2. The summed E-state index contributed by atoms with van der Waals surface area (Å²) >= 11 is 3.48. The van der Waals surface area contributed by atoms with Crippen LogP contribution in [0.3, 0.4) is 0 Å². The summed E-state index contributed by atoms with van der Waals surface area (Å²) in [6.07, 6.45) is 4.72. The quantitative estimate of drug-likeness (QED) is 0.208. The molecule has 1 atom stereocenters. The molecule has 1 aliphatic heterocycles. The summed E-state index contributed by atoms with van der Waals surface area (Å²) in [5, 5.41) is 10.8. The van der Waals surface area contributed by atoms with E-state index in [0.29, 0.717) is 44.6 Å². The SMILES string of the molecule is O=C(NC1(C(=O)N[C@H](Cc2ccccc2)C(=O)NCCC(=O)N2CCN(c3ccccn3)CC2)CCCC1)c1ccc2cc(Br)ccc2c1. The maximum Gasteiger partial charge on any atom is 0.252 e. The Hall–Kier alpha value is -4.77. The Bertz CT molecular complexity index is 1790. The minimum Gasteiger partial charge on any atom is -0.354 e. The Morgan fingerprint density at radius 3 is 2.29 bits per heavy atom. The molecule has 4 aromatic rings. The fourth-order valence-corrected chi connectivity index (χ4v) is 7.07. The number of fused-ring (bicyclic) bond motifs is 1. The lowest BCUT2D eigenvalue weighted by Crippen LogP contribution is -2.61. The number of carbonyl (C=O) groups is 4. The third kappa shape index (κ3) is 8.45. The summed E-state index contributed by atoms with van der Waals surface area (Å²) in [6, 6.07) is 25.7. The van der Waals surface area contributed by atoms with E-state index in [4.69, 9.17) is 0 Å². The van der Waals surface area contributed by atoms with Gasteiger partial charge in [-0.15, -0.1) is 0 Å². The van der Waals surface area contributed by atoms with Crippen LogP contribution in [-0.2, 0) is 20.8 Å². The minimum absolute atomic E-state index is 0.0291. The van der Waals surface area contributed by atoms with Gasteiger partial charge >= 0.3 is 0 Å². The van der Waals surface area contributed by atoms with Gasteiger partial charge in [-0.05, 0) is 65.6 Å². The second-order valence-electron chi connectivity index (χ2n) is 12.8. The van der Waals surface area contributed by atoms with E-state index in [0.717, 1.165) is 39.5 Å². The van der Waals surface area contributed by atoms with E-state index < -0.39 is 11.6 Å². The van der Waals surface area contributed by atoms with Crippen molar-refractivity contribution in [1.82, 2.24) is 25.8 Å². The number of carbonyl (C=O) groups excluding carboxylic acids is 4. The molecule has 2 heterocycles. The number of benzene rings is 3. The summed E-state index contributed by atoms with van der Waals surface area (Å²) in [4.78, 5) is 62.5. The summed E-state index contributed by atoms with van der Waals surface area (Å²) < 4.78 is 0.954. The second-order valence-corrected chi connectivity index (χ2v) is 13.7. The molecule has 49 heavy (non-hydrogen) atoms. The minimum atomic E-state index is -1.13. The molecule has 1 aromatic heterocycles. The van der Waals surface area contributed by atoms with Crippen LogP contribution in [0.5, 0.6) is 0 Å². The second kappa shape index (κ2) is 15.6. The molecule has 3 aromatic carbocycles. The standard InChI is InChI=1S/C38H41BrN6O4/c39-31-14-13-28-25-30(12-11-29(28)26-31)35(47)43-38(16-5-6-17-38)37(49)42-32(24-27-8-2-1-3-9-27)36(48)41-19-15-34(46)45-22-20-44(21-23-45)33-10-4-7-18-40-33/h1-4,7-14,18,25-26,32H,5-6,15-17,19-24H2,(H,41,48)(H,42,49)(H,43,47)/t32-/m1/s1. The molecule has 1 saturated heterocycles. The van der Waals surface area contributed by atoms with E-state index in [2.05, 4.69) is 41.8 Å². The number of amides is 4. The number of aromatic nitrogens is 1. The van der Waals surface area contributed by atoms with Gasteiger partial charge in [-0.25, -0.2) is 4.98 Å². The van der Waals surface area contributed by atoms with Crippen molar-refractivity contribution >= 4 is 56.1 Å². The van der Waals surface area contributed by atoms with Crippen molar-refractivity contribution in [2.24, 2.45) is 0 Å². The Kier molecular flexibility index (Phi) is 10.9. The van der Waals surface area contributed by atoms with Crippen molar-refractivity contribution < 1.29 is 19.2 Å². The van der Waals surface area contributed by atoms with Crippen LogP contribution < -0.4 is 20.9 Å². The molecule has 0 radical (unpaired) electrons. The Morgan fingerprint density at radius 2 is 1.55 bits per heavy atom. The fraction of sp³-hybridized carbons (Fsp3) is 0.342. The molecule has 0 unspecified atom stereocenters. The molecular formula is C38H41BrN6O4. The van der Waals surface area contributed by atoms with Gasteiger partial charge in [0.15, 0.2) is 0 Å². The predicted molar refractivity (Wildman–Crippen MR) is 193 cm³/mol. The molecule has 4 amide bonds. The molecule has 2 aliphatic rings. The highest BCUT2D eigenvalue weighted by Crippen LogP contribution is 2.31. The zero-order valence-corrected chi connectivity index (χ0v) is 29.0. The van der Waals surface area contributed by atoms with Gasteiger partial charge in [0.05, 0.1) is 0 Å². The molecule has 0 spiro atoms. The largest absolute Gasteiger partial charge is 0.354 e. The molecule has 3 N–H and O–H groups in total. The first-order valence-corrected chi connectivity index (χ1v) is 17.7. The number of anilines is 1. The topological polar surface area (TPSA) is 124 Å². The third-order valence-corrected chi connectivity index (χ3v) is 9.95. The first-order valence-electron chi connectivity index (χ1n) is 16.9. The van der Waals surface area contributed by atoms with Crippen LogP contribution in [0.15, 0.2) is 95.6 Å². The number of rotatable bonds is 11. The van der Waals surface area contributed by atoms with E-state index in [-0.39, 0.29) is 43.0 Å².